The van der Waals surface area contributed by atoms with E-state index in [1.165, 1.54) is 0 Å². The first kappa shape index (κ1) is 12.5. The number of amides is 1. The van der Waals surface area contributed by atoms with E-state index in [-0.39, 0.29) is 5.91 Å². The van der Waals surface area contributed by atoms with Gasteiger partial charge in [0.1, 0.15) is 0 Å². The van der Waals surface area contributed by atoms with Crippen molar-refractivity contribution < 1.29 is 4.79 Å². The van der Waals surface area contributed by atoms with Crippen molar-refractivity contribution in [1.82, 2.24) is 5.32 Å². The second-order valence-electron chi connectivity index (χ2n) is 3.43. The van der Waals surface area contributed by atoms with E-state index in [1.807, 2.05) is 43.3 Å². The van der Waals surface area contributed by atoms with Gasteiger partial charge in [-0.25, -0.2) is 0 Å². The van der Waals surface area contributed by atoms with Crippen molar-refractivity contribution in [2.45, 2.75) is 13.3 Å². The number of hydrogen-bond acceptors (Lipinski definition) is 2. The summed E-state index contributed by atoms with van der Waals surface area (Å²) in [5.41, 5.74) is 7.13. The molecule has 3 N–H and O–H groups in total. The Balaban J connectivity index is 2.62. The van der Waals surface area contributed by atoms with Crippen LogP contribution in [-0.2, 0) is 6.42 Å². The third kappa shape index (κ3) is 3.51. The summed E-state index contributed by atoms with van der Waals surface area (Å²) in [7, 11) is 0. The highest BCUT2D eigenvalue weighted by Gasteiger charge is 2.07. The molecule has 0 aliphatic heterocycles. The van der Waals surface area contributed by atoms with Gasteiger partial charge in [0.25, 0.3) is 5.91 Å². The zero-order chi connectivity index (χ0) is 11.8. The smallest absolute Gasteiger partial charge is 0.251 e. The molecule has 0 bridgehead atoms. The number of nitrogens with two attached hydrogens (primary N) is 1. The van der Waals surface area contributed by atoms with Gasteiger partial charge in [-0.05, 0) is 18.1 Å². The van der Waals surface area contributed by atoms with Crippen molar-refractivity contribution in [2.75, 3.05) is 13.1 Å². The first-order valence-electron chi connectivity index (χ1n) is 5.50. The first-order chi connectivity index (χ1) is 7.79. The zero-order valence-corrected chi connectivity index (χ0v) is 9.57. The number of hydrogen-bond donors (Lipinski definition) is 2. The number of carbonyl (C=O) groups excluding carboxylic acids is 1. The molecular weight excluding hydrogens is 200 g/mol. The normalized spacial score (nSPS) is 10.6. The topological polar surface area (TPSA) is 55.1 Å². The molecule has 0 saturated heterocycles. The number of rotatable bonds is 5. The summed E-state index contributed by atoms with van der Waals surface area (Å²) in [4.78, 5) is 11.8. The lowest BCUT2D eigenvalue weighted by molar-refractivity contribution is 0.0957. The van der Waals surface area contributed by atoms with Crippen molar-refractivity contribution in [3.8, 4) is 0 Å². The van der Waals surface area contributed by atoms with Gasteiger partial charge in [-0.15, -0.1) is 0 Å². The fourth-order valence-corrected chi connectivity index (χ4v) is 1.48. The number of aryl methyl sites for hydroxylation is 1. The fourth-order valence-electron chi connectivity index (χ4n) is 1.48. The highest BCUT2D eigenvalue weighted by atomic mass is 16.1. The Labute approximate surface area is 96.3 Å². The standard InChI is InChI=1S/C13H18N2O/c1-2-11-7-3-4-8-12(11)13(16)15-10-6-5-9-14/h3-8H,2,9-10,14H2,1H3,(H,15,16)/b6-5+. The third-order valence-corrected chi connectivity index (χ3v) is 2.33. The lowest BCUT2D eigenvalue weighted by atomic mass is 10.0. The Morgan fingerprint density at radius 1 is 1.38 bits per heavy atom. The molecule has 0 aromatic heterocycles. The van der Waals surface area contributed by atoms with Crippen molar-refractivity contribution in [3.05, 3.63) is 47.5 Å². The minimum atomic E-state index is -0.0286. The molecule has 0 heterocycles. The van der Waals surface area contributed by atoms with Crippen LogP contribution in [0.3, 0.4) is 0 Å². The van der Waals surface area contributed by atoms with Gasteiger partial charge in [-0.1, -0.05) is 37.3 Å². The van der Waals surface area contributed by atoms with Gasteiger partial charge >= 0.3 is 0 Å². The van der Waals surface area contributed by atoms with Gasteiger partial charge < -0.3 is 11.1 Å². The molecule has 0 atom stereocenters. The average Bonchev–Trinajstić information content (AvgIpc) is 2.34. The van der Waals surface area contributed by atoms with Crippen LogP contribution in [0.5, 0.6) is 0 Å². The van der Waals surface area contributed by atoms with Crippen molar-refractivity contribution in [2.24, 2.45) is 5.73 Å². The molecule has 1 aromatic rings. The van der Waals surface area contributed by atoms with Crippen molar-refractivity contribution >= 4 is 5.91 Å². The molecule has 1 aromatic carbocycles. The van der Waals surface area contributed by atoms with Gasteiger partial charge in [0.15, 0.2) is 0 Å². The molecule has 0 unspecified atom stereocenters. The van der Waals surface area contributed by atoms with Gasteiger partial charge in [0.05, 0.1) is 0 Å². The van der Waals surface area contributed by atoms with E-state index in [1.54, 1.807) is 0 Å². The minimum absolute atomic E-state index is 0.0286. The number of benzene rings is 1. The van der Waals surface area contributed by atoms with Crippen LogP contribution in [0.1, 0.15) is 22.8 Å². The van der Waals surface area contributed by atoms with E-state index in [9.17, 15) is 4.79 Å². The summed E-state index contributed by atoms with van der Waals surface area (Å²) in [6.07, 6.45) is 4.54. The van der Waals surface area contributed by atoms with Crippen molar-refractivity contribution in [3.63, 3.8) is 0 Å². The first-order valence-corrected chi connectivity index (χ1v) is 5.50. The van der Waals surface area contributed by atoms with Crippen LogP contribution in [0.15, 0.2) is 36.4 Å². The summed E-state index contributed by atoms with van der Waals surface area (Å²) < 4.78 is 0. The molecule has 1 amide bonds. The van der Waals surface area contributed by atoms with E-state index in [4.69, 9.17) is 5.73 Å². The Bertz CT molecular complexity index is 372. The van der Waals surface area contributed by atoms with Gasteiger partial charge in [-0.2, -0.15) is 0 Å². The lowest BCUT2D eigenvalue weighted by Gasteiger charge is -2.06. The van der Waals surface area contributed by atoms with Crippen molar-refractivity contribution in [1.29, 1.82) is 0 Å². The van der Waals surface area contributed by atoms with Crippen LogP contribution in [0.25, 0.3) is 0 Å². The number of nitrogens with one attached hydrogen (secondary N) is 1. The average molecular weight is 218 g/mol. The highest BCUT2D eigenvalue weighted by molar-refractivity contribution is 5.95. The van der Waals surface area contributed by atoms with Crippen LogP contribution in [0.2, 0.25) is 0 Å². The van der Waals surface area contributed by atoms with E-state index in [0.717, 1.165) is 17.5 Å². The quantitative estimate of drug-likeness (QED) is 0.736. The predicted octanol–water partition coefficient (Wildman–Crippen LogP) is 1.49. The zero-order valence-electron chi connectivity index (χ0n) is 9.57. The second kappa shape index (κ2) is 6.80. The van der Waals surface area contributed by atoms with Gasteiger partial charge in [0.2, 0.25) is 0 Å². The SMILES string of the molecule is CCc1ccccc1C(=O)NC/C=C/CN. The van der Waals surface area contributed by atoms with Crippen LogP contribution < -0.4 is 11.1 Å². The molecule has 0 fully saturated rings. The summed E-state index contributed by atoms with van der Waals surface area (Å²) in [6.45, 7) is 3.07. The maximum Gasteiger partial charge on any atom is 0.251 e. The van der Waals surface area contributed by atoms with E-state index < -0.39 is 0 Å². The van der Waals surface area contributed by atoms with E-state index in [0.29, 0.717) is 13.1 Å². The van der Waals surface area contributed by atoms with Crippen LogP contribution in [0.4, 0.5) is 0 Å². The molecule has 1 rings (SSSR count). The van der Waals surface area contributed by atoms with E-state index >= 15 is 0 Å². The predicted molar refractivity (Wildman–Crippen MR) is 66.3 cm³/mol. The summed E-state index contributed by atoms with van der Waals surface area (Å²) >= 11 is 0. The maximum atomic E-state index is 11.8. The summed E-state index contributed by atoms with van der Waals surface area (Å²) in [5.74, 6) is -0.0286. The molecule has 0 saturated carbocycles. The molecule has 0 aliphatic rings. The molecular formula is C13H18N2O. The Kier molecular flexibility index (Phi) is 5.29. The monoisotopic (exact) mass is 218 g/mol. The fraction of sp³-hybridized carbons (Fsp3) is 0.308. The Morgan fingerprint density at radius 3 is 2.81 bits per heavy atom. The molecule has 0 spiro atoms. The van der Waals surface area contributed by atoms with Gasteiger partial charge in [0, 0.05) is 18.7 Å². The molecule has 3 heteroatoms. The molecule has 0 aliphatic carbocycles. The van der Waals surface area contributed by atoms with Crippen LogP contribution in [-0.4, -0.2) is 19.0 Å². The maximum absolute atomic E-state index is 11.8. The molecule has 86 valence electrons. The highest BCUT2D eigenvalue weighted by Crippen LogP contribution is 2.08. The second-order valence-corrected chi connectivity index (χ2v) is 3.43. The lowest BCUT2D eigenvalue weighted by Crippen LogP contribution is -2.24. The van der Waals surface area contributed by atoms with Crippen LogP contribution in [0, 0.1) is 0 Å². The largest absolute Gasteiger partial charge is 0.349 e. The van der Waals surface area contributed by atoms with E-state index in [2.05, 4.69) is 5.32 Å². The Morgan fingerprint density at radius 2 is 2.12 bits per heavy atom. The summed E-state index contributed by atoms with van der Waals surface area (Å²) in [6, 6.07) is 7.65. The van der Waals surface area contributed by atoms with Crippen LogP contribution >= 0.6 is 0 Å². The molecule has 16 heavy (non-hydrogen) atoms. The summed E-state index contributed by atoms with van der Waals surface area (Å²) in [5, 5.41) is 2.83. The Hall–Kier alpha value is -1.61. The van der Waals surface area contributed by atoms with Gasteiger partial charge in [-0.3, -0.25) is 4.79 Å². The minimum Gasteiger partial charge on any atom is -0.349 e. The molecule has 0 radical (unpaired) electrons. The third-order valence-electron chi connectivity index (χ3n) is 2.33. The molecule has 3 nitrogen and oxygen atoms in total. The number of carbonyl (C=O) groups is 1.